The van der Waals surface area contributed by atoms with E-state index in [1.165, 1.54) is 36.7 Å². The fourth-order valence-electron chi connectivity index (χ4n) is 3.48. The maximum Gasteiger partial charge on any atom is 0.324 e. The molecule has 3 rings (SSSR count). The zero-order chi connectivity index (χ0) is 22.4. The van der Waals surface area contributed by atoms with Crippen LogP contribution in [0.5, 0.6) is 11.5 Å². The first-order chi connectivity index (χ1) is 14.9. The number of piperidine rings is 1. The van der Waals surface area contributed by atoms with Crippen molar-refractivity contribution in [1.29, 1.82) is 0 Å². The predicted octanol–water partition coefficient (Wildman–Crippen LogP) is 2.67. The number of rotatable bonds is 8. The van der Waals surface area contributed by atoms with Gasteiger partial charge in [0.05, 0.1) is 19.1 Å². The number of Topliss-reactive ketones (excluding diaryl/α,β-unsaturated/α-hetero) is 1. The van der Waals surface area contributed by atoms with Crippen molar-refractivity contribution in [3.63, 3.8) is 0 Å². The van der Waals surface area contributed by atoms with Crippen molar-refractivity contribution < 1.29 is 32.2 Å². The summed E-state index contributed by atoms with van der Waals surface area (Å²) in [5, 5.41) is 0. The lowest BCUT2D eigenvalue weighted by Gasteiger charge is -2.32. The summed E-state index contributed by atoms with van der Waals surface area (Å²) in [5.74, 6) is -0.303. The van der Waals surface area contributed by atoms with Gasteiger partial charge in [0, 0.05) is 12.1 Å². The summed E-state index contributed by atoms with van der Waals surface area (Å²) in [6.45, 7) is -0.273. The Morgan fingerprint density at radius 3 is 2.39 bits per heavy atom. The lowest BCUT2D eigenvalue weighted by molar-refractivity contribution is -0.148. The van der Waals surface area contributed by atoms with E-state index in [9.17, 15) is 18.0 Å². The number of ketones is 1. The van der Waals surface area contributed by atoms with Crippen molar-refractivity contribution in [2.24, 2.45) is 0 Å². The molecule has 0 saturated carbocycles. The Kier molecular flexibility index (Phi) is 7.29. The number of ether oxygens (including phenoxy) is 3. The van der Waals surface area contributed by atoms with E-state index in [0.717, 1.165) is 0 Å². The lowest BCUT2D eigenvalue weighted by Crippen LogP contribution is -2.48. The fourth-order valence-corrected chi connectivity index (χ4v) is 5.15. The molecule has 1 atom stereocenters. The SMILES string of the molecule is COc1ccc(C(=O)COC(=O)C2CCCCN2S(=O)(=O)c2ccccc2)cc1OC. The van der Waals surface area contributed by atoms with Crippen LogP contribution in [0.25, 0.3) is 0 Å². The topological polar surface area (TPSA) is 99.2 Å². The Hall–Kier alpha value is -2.91. The number of esters is 1. The second-order valence-electron chi connectivity index (χ2n) is 7.04. The van der Waals surface area contributed by atoms with Gasteiger partial charge in [-0.1, -0.05) is 18.2 Å². The van der Waals surface area contributed by atoms with Gasteiger partial charge in [0.15, 0.2) is 23.9 Å². The van der Waals surface area contributed by atoms with Gasteiger partial charge in [-0.2, -0.15) is 4.31 Å². The monoisotopic (exact) mass is 447 g/mol. The molecule has 0 spiro atoms. The summed E-state index contributed by atoms with van der Waals surface area (Å²) in [5.41, 5.74) is 0.294. The van der Waals surface area contributed by atoms with Crippen LogP contribution in [0.15, 0.2) is 53.4 Å². The van der Waals surface area contributed by atoms with E-state index in [0.29, 0.717) is 36.3 Å². The molecule has 2 aromatic rings. The molecule has 0 N–H and O–H groups in total. The number of methoxy groups -OCH3 is 2. The smallest absolute Gasteiger partial charge is 0.324 e. The normalized spacial score (nSPS) is 17.0. The third kappa shape index (κ3) is 5.05. The highest BCUT2D eigenvalue weighted by molar-refractivity contribution is 7.89. The molecule has 1 aliphatic heterocycles. The summed E-state index contributed by atoms with van der Waals surface area (Å²) < 4.78 is 42.8. The van der Waals surface area contributed by atoms with Crippen molar-refractivity contribution in [3.05, 3.63) is 54.1 Å². The Morgan fingerprint density at radius 2 is 1.71 bits per heavy atom. The first kappa shape index (κ1) is 22.8. The van der Waals surface area contributed by atoms with Crippen LogP contribution in [-0.4, -0.2) is 57.9 Å². The van der Waals surface area contributed by atoms with Crippen LogP contribution in [0.2, 0.25) is 0 Å². The number of carbonyl (C=O) groups is 2. The van der Waals surface area contributed by atoms with Gasteiger partial charge in [0.1, 0.15) is 6.04 Å². The van der Waals surface area contributed by atoms with Crippen LogP contribution in [0.4, 0.5) is 0 Å². The molecule has 0 radical (unpaired) electrons. The highest BCUT2D eigenvalue weighted by Gasteiger charge is 2.38. The first-order valence-corrected chi connectivity index (χ1v) is 11.3. The zero-order valence-corrected chi connectivity index (χ0v) is 18.3. The van der Waals surface area contributed by atoms with Crippen LogP contribution >= 0.6 is 0 Å². The number of hydrogen-bond acceptors (Lipinski definition) is 7. The molecular formula is C22H25NO7S. The van der Waals surface area contributed by atoms with Gasteiger partial charge in [0.2, 0.25) is 10.0 Å². The van der Waals surface area contributed by atoms with E-state index < -0.39 is 34.4 Å². The van der Waals surface area contributed by atoms with Gasteiger partial charge in [-0.25, -0.2) is 8.42 Å². The van der Waals surface area contributed by atoms with Crippen LogP contribution in [0.3, 0.4) is 0 Å². The maximum absolute atomic E-state index is 13.0. The molecule has 0 amide bonds. The maximum atomic E-state index is 13.0. The average Bonchev–Trinajstić information content (AvgIpc) is 2.82. The molecule has 166 valence electrons. The average molecular weight is 448 g/mol. The van der Waals surface area contributed by atoms with Gasteiger partial charge in [-0.3, -0.25) is 9.59 Å². The van der Waals surface area contributed by atoms with Crippen molar-refractivity contribution in [1.82, 2.24) is 4.31 Å². The minimum Gasteiger partial charge on any atom is -0.493 e. The fraction of sp³-hybridized carbons (Fsp3) is 0.364. The van der Waals surface area contributed by atoms with Crippen LogP contribution < -0.4 is 9.47 Å². The highest BCUT2D eigenvalue weighted by Crippen LogP contribution is 2.28. The molecule has 0 aliphatic carbocycles. The van der Waals surface area contributed by atoms with Gasteiger partial charge in [-0.05, 0) is 49.6 Å². The Labute approximate surface area is 181 Å². The van der Waals surface area contributed by atoms with Gasteiger partial charge < -0.3 is 14.2 Å². The lowest BCUT2D eigenvalue weighted by atomic mass is 10.1. The summed E-state index contributed by atoms with van der Waals surface area (Å²) in [7, 11) is -0.905. The van der Waals surface area contributed by atoms with Crippen molar-refractivity contribution in [2.45, 2.75) is 30.2 Å². The molecule has 1 fully saturated rings. The third-order valence-corrected chi connectivity index (χ3v) is 7.05. The summed E-state index contributed by atoms with van der Waals surface area (Å²) in [6.07, 6.45) is 1.69. The Bertz CT molecular complexity index is 1040. The van der Waals surface area contributed by atoms with Gasteiger partial charge in [0.25, 0.3) is 0 Å². The molecular weight excluding hydrogens is 422 g/mol. The van der Waals surface area contributed by atoms with E-state index in [2.05, 4.69) is 0 Å². The molecule has 1 heterocycles. The molecule has 0 aromatic heterocycles. The predicted molar refractivity (Wildman–Crippen MR) is 113 cm³/mol. The molecule has 8 nitrogen and oxygen atoms in total. The van der Waals surface area contributed by atoms with E-state index in [1.54, 1.807) is 30.3 Å². The molecule has 31 heavy (non-hydrogen) atoms. The molecule has 2 aromatic carbocycles. The largest absolute Gasteiger partial charge is 0.493 e. The van der Waals surface area contributed by atoms with Crippen molar-refractivity contribution >= 4 is 21.8 Å². The highest BCUT2D eigenvalue weighted by atomic mass is 32.2. The van der Waals surface area contributed by atoms with E-state index in [-0.39, 0.29) is 11.4 Å². The second kappa shape index (κ2) is 9.93. The van der Waals surface area contributed by atoms with Crippen LogP contribution in [0.1, 0.15) is 29.6 Å². The van der Waals surface area contributed by atoms with Crippen LogP contribution in [0, 0.1) is 0 Å². The van der Waals surface area contributed by atoms with Crippen LogP contribution in [-0.2, 0) is 19.6 Å². The number of benzene rings is 2. The van der Waals surface area contributed by atoms with Gasteiger partial charge >= 0.3 is 5.97 Å². The van der Waals surface area contributed by atoms with Gasteiger partial charge in [-0.15, -0.1) is 0 Å². The quantitative estimate of drug-likeness (QED) is 0.453. The number of carbonyl (C=O) groups excluding carboxylic acids is 2. The zero-order valence-electron chi connectivity index (χ0n) is 17.4. The minimum atomic E-state index is -3.85. The molecule has 1 aliphatic rings. The summed E-state index contributed by atoms with van der Waals surface area (Å²) >= 11 is 0. The number of sulfonamides is 1. The molecule has 9 heteroatoms. The molecule has 1 saturated heterocycles. The minimum absolute atomic E-state index is 0.121. The first-order valence-electron chi connectivity index (χ1n) is 9.87. The molecule has 1 unspecified atom stereocenters. The summed E-state index contributed by atoms with van der Waals surface area (Å²) in [6, 6.07) is 11.6. The summed E-state index contributed by atoms with van der Waals surface area (Å²) in [4.78, 5) is 25.3. The Morgan fingerprint density at radius 1 is 1.00 bits per heavy atom. The van der Waals surface area contributed by atoms with E-state index >= 15 is 0 Å². The molecule has 0 bridgehead atoms. The van der Waals surface area contributed by atoms with E-state index in [1.807, 2.05) is 0 Å². The number of hydrogen-bond donors (Lipinski definition) is 0. The number of nitrogens with zero attached hydrogens (tertiary/aromatic N) is 1. The van der Waals surface area contributed by atoms with Crippen molar-refractivity contribution in [3.8, 4) is 11.5 Å². The Balaban J connectivity index is 1.71. The van der Waals surface area contributed by atoms with Crippen molar-refractivity contribution in [2.75, 3.05) is 27.4 Å². The second-order valence-corrected chi connectivity index (χ2v) is 8.93. The standard InChI is InChI=1S/C22H25NO7S/c1-28-20-12-11-16(14-21(20)29-2)19(24)15-30-22(25)18-10-6-7-13-23(18)31(26,27)17-8-4-3-5-9-17/h3-5,8-9,11-12,14,18H,6-7,10,13,15H2,1-2H3. The van der Waals surface area contributed by atoms with E-state index in [4.69, 9.17) is 14.2 Å². The third-order valence-electron chi connectivity index (χ3n) is 5.13.